The summed E-state index contributed by atoms with van der Waals surface area (Å²) in [6.07, 6.45) is 1.99. The summed E-state index contributed by atoms with van der Waals surface area (Å²) in [5.74, 6) is -0.0174. The maximum absolute atomic E-state index is 12.5. The third-order valence-corrected chi connectivity index (χ3v) is 3.74. The molecule has 0 bridgehead atoms. The van der Waals surface area contributed by atoms with E-state index in [-0.39, 0.29) is 29.8 Å². The quantitative estimate of drug-likeness (QED) is 0.673. The van der Waals surface area contributed by atoms with Crippen LogP contribution in [-0.4, -0.2) is 49.0 Å². The van der Waals surface area contributed by atoms with Gasteiger partial charge in [0.1, 0.15) is 0 Å². The van der Waals surface area contributed by atoms with E-state index in [1.165, 1.54) is 25.3 Å². The molecule has 1 amide bonds. The topological polar surface area (TPSA) is 84.7 Å². The standard InChI is InChI=1S/C14H19N3O4.ClH/c1-15-11-4-3-7-16(9-11)14(18)10-5-6-12(17(19)20)13(8-10)21-2;/h5-6,8,11,15H,3-4,7,9H2,1-2H3;1H. The Hall–Kier alpha value is -1.86. The van der Waals surface area contributed by atoms with Gasteiger partial charge < -0.3 is 15.0 Å². The number of nitrogens with zero attached hydrogens (tertiary/aromatic N) is 2. The first-order chi connectivity index (χ1) is 10.1. The van der Waals surface area contributed by atoms with Crippen LogP contribution in [0, 0.1) is 10.1 Å². The van der Waals surface area contributed by atoms with Crippen molar-refractivity contribution in [3.8, 4) is 5.75 Å². The second kappa shape index (κ2) is 7.95. The van der Waals surface area contributed by atoms with E-state index in [2.05, 4.69) is 5.32 Å². The molecular weight excluding hydrogens is 310 g/mol. The molecular formula is C14H20ClN3O4. The Balaban J connectivity index is 0.00000242. The van der Waals surface area contributed by atoms with E-state index < -0.39 is 4.92 Å². The fourth-order valence-electron chi connectivity index (χ4n) is 2.54. The van der Waals surface area contributed by atoms with Crippen molar-refractivity contribution in [1.82, 2.24) is 10.2 Å². The number of methoxy groups -OCH3 is 1. The molecule has 0 saturated carbocycles. The number of halogens is 1. The summed E-state index contributed by atoms with van der Waals surface area (Å²) < 4.78 is 5.00. The van der Waals surface area contributed by atoms with Crippen molar-refractivity contribution in [3.63, 3.8) is 0 Å². The number of amides is 1. The first-order valence-corrected chi connectivity index (χ1v) is 6.85. The number of rotatable bonds is 4. The van der Waals surface area contributed by atoms with Gasteiger partial charge >= 0.3 is 5.69 Å². The lowest BCUT2D eigenvalue weighted by Gasteiger charge is -2.32. The van der Waals surface area contributed by atoms with Gasteiger partial charge in [0, 0.05) is 36.8 Å². The second-order valence-electron chi connectivity index (χ2n) is 5.02. The molecule has 1 fully saturated rings. The van der Waals surface area contributed by atoms with Crippen molar-refractivity contribution >= 4 is 24.0 Å². The predicted molar refractivity (Wildman–Crippen MR) is 84.9 cm³/mol. The van der Waals surface area contributed by atoms with Gasteiger partial charge in [0.05, 0.1) is 12.0 Å². The van der Waals surface area contributed by atoms with Crippen molar-refractivity contribution in [2.75, 3.05) is 27.2 Å². The van der Waals surface area contributed by atoms with Crippen molar-refractivity contribution in [2.24, 2.45) is 0 Å². The number of ether oxygens (including phenoxy) is 1. The van der Waals surface area contributed by atoms with Gasteiger partial charge in [-0.1, -0.05) is 0 Å². The summed E-state index contributed by atoms with van der Waals surface area (Å²) in [4.78, 5) is 24.6. The fraction of sp³-hybridized carbons (Fsp3) is 0.500. The van der Waals surface area contributed by atoms with E-state index in [1.807, 2.05) is 7.05 Å². The number of likely N-dealkylation sites (tertiary alicyclic amines) is 1. The SMILES string of the molecule is CNC1CCCN(C(=O)c2ccc([N+](=O)[O-])c(OC)c2)C1.Cl. The smallest absolute Gasteiger partial charge is 0.310 e. The summed E-state index contributed by atoms with van der Waals surface area (Å²) in [5.41, 5.74) is 0.273. The molecule has 2 rings (SSSR count). The highest BCUT2D eigenvalue weighted by Gasteiger charge is 2.25. The molecule has 22 heavy (non-hydrogen) atoms. The summed E-state index contributed by atoms with van der Waals surface area (Å²) in [7, 11) is 3.24. The number of carbonyl (C=O) groups is 1. The van der Waals surface area contributed by atoms with E-state index >= 15 is 0 Å². The van der Waals surface area contributed by atoms with Gasteiger partial charge in [-0.15, -0.1) is 12.4 Å². The average molecular weight is 330 g/mol. The highest BCUT2D eigenvalue weighted by atomic mass is 35.5. The zero-order valence-corrected chi connectivity index (χ0v) is 13.4. The molecule has 0 aromatic heterocycles. The molecule has 7 nitrogen and oxygen atoms in total. The molecule has 1 unspecified atom stereocenters. The Morgan fingerprint density at radius 2 is 2.23 bits per heavy atom. The molecule has 1 aliphatic heterocycles. The molecule has 1 aliphatic rings. The lowest BCUT2D eigenvalue weighted by Crippen LogP contribution is -2.46. The lowest BCUT2D eigenvalue weighted by molar-refractivity contribution is -0.385. The van der Waals surface area contributed by atoms with E-state index in [9.17, 15) is 14.9 Å². The minimum absolute atomic E-state index is 0. The Kier molecular flexibility index (Phi) is 6.58. The number of hydrogen-bond donors (Lipinski definition) is 1. The van der Waals surface area contributed by atoms with E-state index in [4.69, 9.17) is 4.74 Å². The van der Waals surface area contributed by atoms with Crippen molar-refractivity contribution in [2.45, 2.75) is 18.9 Å². The molecule has 1 aromatic carbocycles. The van der Waals surface area contributed by atoms with Gasteiger partial charge in [0.2, 0.25) is 0 Å². The lowest BCUT2D eigenvalue weighted by atomic mass is 10.0. The van der Waals surface area contributed by atoms with Crippen molar-refractivity contribution in [3.05, 3.63) is 33.9 Å². The van der Waals surface area contributed by atoms with Crippen LogP contribution in [0.15, 0.2) is 18.2 Å². The predicted octanol–water partition coefficient (Wildman–Crippen LogP) is 1.85. The molecule has 1 atom stereocenters. The minimum Gasteiger partial charge on any atom is -0.490 e. The first-order valence-electron chi connectivity index (χ1n) is 6.85. The van der Waals surface area contributed by atoms with Crippen LogP contribution < -0.4 is 10.1 Å². The van der Waals surface area contributed by atoms with Crippen molar-refractivity contribution < 1.29 is 14.5 Å². The molecule has 0 spiro atoms. The highest BCUT2D eigenvalue weighted by molar-refractivity contribution is 5.95. The third-order valence-electron chi connectivity index (χ3n) is 3.74. The maximum atomic E-state index is 12.5. The van der Waals surface area contributed by atoms with Crippen molar-refractivity contribution in [1.29, 1.82) is 0 Å². The number of nitro benzene ring substituents is 1. The molecule has 1 aromatic rings. The number of piperidine rings is 1. The largest absolute Gasteiger partial charge is 0.490 e. The van der Waals surface area contributed by atoms with Crippen LogP contribution in [0.3, 0.4) is 0 Å². The Labute approximate surface area is 135 Å². The Morgan fingerprint density at radius 3 is 2.82 bits per heavy atom. The molecule has 0 aliphatic carbocycles. The number of hydrogen-bond acceptors (Lipinski definition) is 5. The maximum Gasteiger partial charge on any atom is 0.310 e. The average Bonchev–Trinajstić information content (AvgIpc) is 2.53. The van der Waals surface area contributed by atoms with Gasteiger partial charge in [-0.3, -0.25) is 14.9 Å². The second-order valence-corrected chi connectivity index (χ2v) is 5.02. The summed E-state index contributed by atoms with van der Waals surface area (Å²) >= 11 is 0. The zero-order chi connectivity index (χ0) is 15.4. The Bertz CT molecular complexity index is 553. The van der Waals surface area contributed by atoms with Crippen LogP contribution in [0.5, 0.6) is 5.75 Å². The first kappa shape index (κ1) is 18.2. The Morgan fingerprint density at radius 1 is 1.50 bits per heavy atom. The summed E-state index contributed by atoms with van der Waals surface area (Å²) in [5, 5.41) is 14.0. The minimum atomic E-state index is -0.523. The fourth-order valence-corrected chi connectivity index (χ4v) is 2.54. The third kappa shape index (κ3) is 3.86. The van der Waals surface area contributed by atoms with Gasteiger partial charge in [-0.2, -0.15) is 0 Å². The normalized spacial score (nSPS) is 17.5. The molecule has 8 heteroatoms. The number of benzene rings is 1. The molecule has 122 valence electrons. The summed E-state index contributed by atoms with van der Waals surface area (Å²) in [6, 6.07) is 4.52. The molecule has 1 N–H and O–H groups in total. The number of likely N-dealkylation sites (N-methyl/N-ethyl adjacent to an activating group) is 1. The van der Waals surface area contributed by atoms with E-state index in [0.29, 0.717) is 24.7 Å². The molecule has 1 saturated heterocycles. The van der Waals surface area contributed by atoms with Crippen LogP contribution in [0.4, 0.5) is 5.69 Å². The molecule has 1 heterocycles. The van der Waals surface area contributed by atoms with Crippen LogP contribution in [0.25, 0.3) is 0 Å². The van der Waals surface area contributed by atoms with E-state index in [1.54, 1.807) is 4.90 Å². The van der Waals surface area contributed by atoms with Crippen LogP contribution in [0.2, 0.25) is 0 Å². The monoisotopic (exact) mass is 329 g/mol. The van der Waals surface area contributed by atoms with Gasteiger partial charge in [-0.05, 0) is 26.0 Å². The van der Waals surface area contributed by atoms with Crippen LogP contribution in [-0.2, 0) is 0 Å². The van der Waals surface area contributed by atoms with Gasteiger partial charge in [-0.25, -0.2) is 0 Å². The number of carbonyl (C=O) groups excluding carboxylic acids is 1. The van der Waals surface area contributed by atoms with Gasteiger partial charge in [0.15, 0.2) is 5.75 Å². The zero-order valence-electron chi connectivity index (χ0n) is 12.6. The van der Waals surface area contributed by atoms with Crippen LogP contribution in [0.1, 0.15) is 23.2 Å². The highest BCUT2D eigenvalue weighted by Crippen LogP contribution is 2.28. The summed E-state index contributed by atoms with van der Waals surface area (Å²) in [6.45, 7) is 1.35. The van der Waals surface area contributed by atoms with Gasteiger partial charge in [0.25, 0.3) is 5.91 Å². The number of nitrogens with one attached hydrogen (secondary N) is 1. The van der Waals surface area contributed by atoms with Crippen LogP contribution >= 0.6 is 12.4 Å². The van der Waals surface area contributed by atoms with E-state index in [0.717, 1.165) is 12.8 Å². The number of nitro groups is 1. The molecule has 0 radical (unpaired) electrons.